The number of nitrogens with zero attached hydrogens (tertiary/aromatic N) is 2. The number of nitrogens with one attached hydrogen (secondary N) is 2. The molecule has 210 valence electrons. The van der Waals surface area contributed by atoms with Crippen molar-refractivity contribution in [2.24, 2.45) is 5.92 Å². The molecule has 0 radical (unpaired) electrons. The SMILES string of the molecule is COc1cccc(-c2c(NC(=O)Nc3c(C(C)C)cccc3C(C)C)c(=O)n(CCC(C)C)c3ncccc23)c1. The summed E-state index contributed by atoms with van der Waals surface area (Å²) in [5.74, 6) is 1.47. The second-order valence-corrected chi connectivity index (χ2v) is 11.2. The monoisotopic (exact) mass is 540 g/mol. The molecule has 2 aromatic heterocycles. The Morgan fingerprint density at radius 3 is 2.17 bits per heavy atom. The zero-order valence-electron chi connectivity index (χ0n) is 24.5. The molecule has 7 nitrogen and oxygen atoms in total. The van der Waals surface area contributed by atoms with Crippen LogP contribution in [0.4, 0.5) is 16.2 Å². The van der Waals surface area contributed by atoms with E-state index >= 15 is 0 Å². The van der Waals surface area contributed by atoms with Gasteiger partial charge in [0.1, 0.15) is 17.1 Å². The first-order valence-corrected chi connectivity index (χ1v) is 14.0. The summed E-state index contributed by atoms with van der Waals surface area (Å²) in [6.45, 7) is 13.2. The first-order valence-electron chi connectivity index (χ1n) is 14.0. The summed E-state index contributed by atoms with van der Waals surface area (Å²) in [5.41, 5.74) is 4.76. The molecule has 2 heterocycles. The van der Waals surface area contributed by atoms with Crippen LogP contribution in [0, 0.1) is 5.92 Å². The highest BCUT2D eigenvalue weighted by molar-refractivity contribution is 6.07. The molecule has 0 aliphatic carbocycles. The fourth-order valence-electron chi connectivity index (χ4n) is 5.02. The molecule has 7 heteroatoms. The Kier molecular flexibility index (Phi) is 8.93. The lowest BCUT2D eigenvalue weighted by molar-refractivity contribution is 0.262. The summed E-state index contributed by atoms with van der Waals surface area (Å²) in [5, 5.41) is 6.84. The standard InChI is InChI=1S/C33H40N4O3/c1-20(2)16-18-37-31-27(15-10-17-34-31)28(23-11-8-12-24(19-23)40-7)30(32(37)38)36-33(39)35-29-25(21(3)4)13-9-14-26(29)22(5)6/h8-15,17,19-22H,16,18H2,1-7H3,(H2,35,36,39). The van der Waals surface area contributed by atoms with Crippen molar-refractivity contribution < 1.29 is 9.53 Å². The first-order chi connectivity index (χ1) is 19.1. The van der Waals surface area contributed by atoms with Gasteiger partial charge in [-0.2, -0.15) is 0 Å². The van der Waals surface area contributed by atoms with Crippen LogP contribution in [-0.2, 0) is 6.54 Å². The number of pyridine rings is 2. The van der Waals surface area contributed by atoms with Gasteiger partial charge in [0.25, 0.3) is 5.56 Å². The molecule has 2 aromatic carbocycles. The van der Waals surface area contributed by atoms with Gasteiger partial charge in [-0.3, -0.25) is 9.36 Å². The van der Waals surface area contributed by atoms with Gasteiger partial charge in [0.05, 0.1) is 7.11 Å². The van der Waals surface area contributed by atoms with Gasteiger partial charge >= 0.3 is 6.03 Å². The molecule has 0 saturated carbocycles. The summed E-state index contributed by atoms with van der Waals surface area (Å²) in [6, 6.07) is 16.9. The molecule has 0 bridgehead atoms. The average molecular weight is 541 g/mol. The number of amides is 2. The highest BCUT2D eigenvalue weighted by Crippen LogP contribution is 2.36. The van der Waals surface area contributed by atoms with Gasteiger partial charge in [-0.25, -0.2) is 9.78 Å². The molecule has 4 rings (SSSR count). The van der Waals surface area contributed by atoms with E-state index in [0.29, 0.717) is 29.4 Å². The molecule has 0 atom stereocenters. The molecule has 0 aliphatic heterocycles. The summed E-state index contributed by atoms with van der Waals surface area (Å²) in [4.78, 5) is 32.4. The molecule has 4 aromatic rings. The third kappa shape index (κ3) is 6.03. The molecule has 0 fully saturated rings. The lowest BCUT2D eigenvalue weighted by atomic mass is 9.93. The van der Waals surface area contributed by atoms with Crippen molar-refractivity contribution in [1.82, 2.24) is 9.55 Å². The van der Waals surface area contributed by atoms with Crippen molar-refractivity contribution in [2.45, 2.75) is 66.3 Å². The number of carbonyl (C=O) groups excluding carboxylic acids is 1. The first kappa shape index (κ1) is 28.9. The maximum Gasteiger partial charge on any atom is 0.323 e. The smallest absolute Gasteiger partial charge is 0.323 e. The second kappa shape index (κ2) is 12.4. The third-order valence-corrected chi connectivity index (χ3v) is 7.16. The van der Waals surface area contributed by atoms with E-state index in [0.717, 1.165) is 34.2 Å². The molecule has 0 saturated heterocycles. The van der Waals surface area contributed by atoms with Crippen LogP contribution in [0.15, 0.2) is 65.6 Å². The number of fused-ring (bicyclic) bond motifs is 1. The van der Waals surface area contributed by atoms with Crippen LogP contribution >= 0.6 is 0 Å². The number of hydrogen-bond acceptors (Lipinski definition) is 4. The van der Waals surface area contributed by atoms with Crippen LogP contribution in [0.25, 0.3) is 22.2 Å². The number of benzene rings is 2. The Bertz CT molecular complexity index is 1540. The van der Waals surface area contributed by atoms with Crippen molar-refractivity contribution in [1.29, 1.82) is 0 Å². The average Bonchev–Trinajstić information content (AvgIpc) is 2.92. The van der Waals surface area contributed by atoms with E-state index in [-0.39, 0.29) is 23.1 Å². The van der Waals surface area contributed by atoms with Gasteiger partial charge in [-0.15, -0.1) is 0 Å². The lowest BCUT2D eigenvalue weighted by Gasteiger charge is -2.22. The molecule has 0 spiro atoms. The zero-order valence-corrected chi connectivity index (χ0v) is 24.5. The van der Waals surface area contributed by atoms with Gasteiger partial charge in [-0.05, 0) is 65.1 Å². The maximum atomic E-state index is 14.1. The second-order valence-electron chi connectivity index (χ2n) is 11.2. The minimum atomic E-state index is -0.463. The zero-order chi connectivity index (χ0) is 29.0. The van der Waals surface area contributed by atoms with Crippen LogP contribution in [0.3, 0.4) is 0 Å². The topological polar surface area (TPSA) is 85.3 Å². The van der Waals surface area contributed by atoms with Crippen LogP contribution in [0.2, 0.25) is 0 Å². The van der Waals surface area contributed by atoms with Gasteiger partial charge < -0.3 is 15.4 Å². The normalized spacial score (nSPS) is 11.4. The van der Waals surface area contributed by atoms with Gasteiger partial charge in [0.2, 0.25) is 0 Å². The third-order valence-electron chi connectivity index (χ3n) is 7.16. The number of rotatable bonds is 9. The number of hydrogen-bond donors (Lipinski definition) is 2. The van der Waals surface area contributed by atoms with Crippen molar-refractivity contribution in [2.75, 3.05) is 17.7 Å². The molecular formula is C33H40N4O3. The number of aromatic nitrogens is 2. The molecule has 0 aliphatic rings. The lowest BCUT2D eigenvalue weighted by Crippen LogP contribution is -2.30. The fraction of sp³-hybridized carbons (Fsp3) is 0.364. The highest BCUT2D eigenvalue weighted by atomic mass is 16.5. The minimum absolute atomic E-state index is 0.210. The summed E-state index contributed by atoms with van der Waals surface area (Å²) >= 11 is 0. The van der Waals surface area contributed by atoms with Crippen LogP contribution in [-0.4, -0.2) is 22.7 Å². The van der Waals surface area contributed by atoms with Gasteiger partial charge in [0, 0.05) is 29.4 Å². The number of ether oxygens (including phenoxy) is 1. The predicted molar refractivity (Wildman–Crippen MR) is 165 cm³/mol. The Morgan fingerprint density at radius 1 is 0.900 bits per heavy atom. The van der Waals surface area contributed by atoms with E-state index in [4.69, 9.17) is 4.74 Å². The van der Waals surface area contributed by atoms with E-state index in [1.807, 2.05) is 54.6 Å². The van der Waals surface area contributed by atoms with Gasteiger partial charge in [-0.1, -0.05) is 71.9 Å². The van der Waals surface area contributed by atoms with Crippen LogP contribution in [0.1, 0.15) is 70.9 Å². The fourth-order valence-corrected chi connectivity index (χ4v) is 5.02. The summed E-state index contributed by atoms with van der Waals surface area (Å²) < 4.78 is 7.16. The Labute approximate surface area is 236 Å². The number of carbonyl (C=O) groups is 1. The number of methoxy groups -OCH3 is 1. The molecule has 2 amide bonds. The summed E-state index contributed by atoms with van der Waals surface area (Å²) in [6.07, 6.45) is 2.49. The number of para-hydroxylation sites is 1. The van der Waals surface area contributed by atoms with Crippen molar-refractivity contribution in [3.63, 3.8) is 0 Å². The number of aryl methyl sites for hydroxylation is 1. The number of urea groups is 1. The van der Waals surface area contributed by atoms with Crippen molar-refractivity contribution in [3.8, 4) is 16.9 Å². The van der Waals surface area contributed by atoms with Crippen molar-refractivity contribution in [3.05, 3.63) is 82.3 Å². The Morgan fingerprint density at radius 2 is 1.55 bits per heavy atom. The quantitative estimate of drug-likeness (QED) is 0.225. The van der Waals surface area contributed by atoms with Crippen LogP contribution < -0.4 is 20.9 Å². The van der Waals surface area contributed by atoms with Gasteiger partial charge in [0.15, 0.2) is 0 Å². The van der Waals surface area contributed by atoms with Crippen LogP contribution in [0.5, 0.6) is 5.75 Å². The minimum Gasteiger partial charge on any atom is -0.497 e. The predicted octanol–water partition coefficient (Wildman–Crippen LogP) is 8.01. The summed E-state index contributed by atoms with van der Waals surface area (Å²) in [7, 11) is 1.60. The van der Waals surface area contributed by atoms with E-state index < -0.39 is 6.03 Å². The Hall–Kier alpha value is -4.13. The van der Waals surface area contributed by atoms with Crippen molar-refractivity contribution >= 4 is 28.4 Å². The van der Waals surface area contributed by atoms with E-state index in [1.54, 1.807) is 17.9 Å². The molecule has 2 N–H and O–H groups in total. The van der Waals surface area contributed by atoms with E-state index in [1.165, 1.54) is 0 Å². The maximum absolute atomic E-state index is 14.1. The Balaban J connectivity index is 1.90. The van der Waals surface area contributed by atoms with E-state index in [9.17, 15) is 9.59 Å². The molecule has 0 unspecified atom stereocenters. The number of anilines is 2. The molecular weight excluding hydrogens is 500 g/mol. The van der Waals surface area contributed by atoms with E-state index in [2.05, 4.69) is 57.2 Å². The largest absolute Gasteiger partial charge is 0.497 e. The highest BCUT2D eigenvalue weighted by Gasteiger charge is 2.23. The molecule has 40 heavy (non-hydrogen) atoms.